The number of nitrogens with zero attached hydrogens (tertiary/aromatic N) is 1. The van der Waals surface area contributed by atoms with Crippen LogP contribution in [-0.2, 0) is 11.2 Å². The molecule has 3 heterocycles. The summed E-state index contributed by atoms with van der Waals surface area (Å²) in [5.74, 6) is 0.645. The number of fused-ring (bicyclic) bond motifs is 1. The van der Waals surface area contributed by atoms with Gasteiger partial charge in [0.05, 0.1) is 17.7 Å². The molecule has 21 heavy (non-hydrogen) atoms. The van der Waals surface area contributed by atoms with Crippen molar-refractivity contribution >= 4 is 10.9 Å². The zero-order valence-corrected chi connectivity index (χ0v) is 12.3. The molecule has 4 rings (SSSR count). The molecule has 2 aromatic rings. The van der Waals surface area contributed by atoms with Gasteiger partial charge in [-0.3, -0.25) is 4.98 Å². The van der Waals surface area contributed by atoms with Gasteiger partial charge in [-0.2, -0.15) is 0 Å². The molecule has 1 aromatic heterocycles. The first-order valence-electron chi connectivity index (χ1n) is 8.01. The van der Waals surface area contributed by atoms with Crippen LogP contribution in [0.4, 0.5) is 0 Å². The summed E-state index contributed by atoms with van der Waals surface area (Å²) in [6.07, 6.45) is 6.67. The predicted molar refractivity (Wildman–Crippen MR) is 84.3 cm³/mol. The molecule has 3 nitrogen and oxygen atoms in total. The number of ether oxygens (including phenoxy) is 1. The number of piperidine rings is 1. The van der Waals surface area contributed by atoms with Crippen molar-refractivity contribution in [1.29, 1.82) is 0 Å². The fourth-order valence-electron chi connectivity index (χ4n) is 3.86. The number of hydrogen-bond donors (Lipinski definition) is 1. The zero-order valence-electron chi connectivity index (χ0n) is 12.3. The molecule has 1 spiro atoms. The molecule has 1 N–H and O–H groups in total. The van der Waals surface area contributed by atoms with E-state index < -0.39 is 0 Å². The van der Waals surface area contributed by atoms with Crippen molar-refractivity contribution in [2.75, 3.05) is 19.7 Å². The quantitative estimate of drug-likeness (QED) is 0.919. The first kappa shape index (κ1) is 13.2. The number of rotatable bonds is 2. The molecule has 0 radical (unpaired) electrons. The highest BCUT2D eigenvalue weighted by molar-refractivity contribution is 5.78. The van der Waals surface area contributed by atoms with Crippen LogP contribution in [0.1, 0.15) is 24.8 Å². The van der Waals surface area contributed by atoms with E-state index in [0.29, 0.717) is 5.92 Å². The highest BCUT2D eigenvalue weighted by Gasteiger charge is 2.40. The third-order valence-electron chi connectivity index (χ3n) is 4.97. The second-order valence-electron chi connectivity index (χ2n) is 6.55. The van der Waals surface area contributed by atoms with E-state index in [4.69, 9.17) is 4.74 Å². The molecule has 0 amide bonds. The molecule has 2 aliphatic heterocycles. The molecule has 2 saturated heterocycles. The van der Waals surface area contributed by atoms with Gasteiger partial charge in [0.15, 0.2) is 0 Å². The van der Waals surface area contributed by atoms with Crippen molar-refractivity contribution in [2.45, 2.75) is 31.3 Å². The van der Waals surface area contributed by atoms with Gasteiger partial charge < -0.3 is 10.1 Å². The maximum Gasteiger partial charge on any atom is 0.0710 e. The van der Waals surface area contributed by atoms with Crippen LogP contribution in [0.15, 0.2) is 36.5 Å². The summed E-state index contributed by atoms with van der Waals surface area (Å²) < 4.78 is 6.19. The molecule has 0 aliphatic carbocycles. The van der Waals surface area contributed by atoms with Crippen molar-refractivity contribution in [2.24, 2.45) is 5.92 Å². The number of hydrogen-bond acceptors (Lipinski definition) is 3. The normalized spacial score (nSPS) is 24.7. The molecule has 1 atom stereocenters. The van der Waals surface area contributed by atoms with Gasteiger partial charge in [0.2, 0.25) is 0 Å². The van der Waals surface area contributed by atoms with E-state index in [1.54, 1.807) is 0 Å². The first-order valence-corrected chi connectivity index (χ1v) is 8.01. The van der Waals surface area contributed by atoms with Crippen molar-refractivity contribution in [1.82, 2.24) is 10.3 Å². The summed E-state index contributed by atoms with van der Waals surface area (Å²) in [6.45, 7) is 3.11. The Kier molecular flexibility index (Phi) is 3.40. The second-order valence-corrected chi connectivity index (χ2v) is 6.55. The van der Waals surface area contributed by atoms with E-state index in [9.17, 15) is 0 Å². The number of para-hydroxylation sites is 1. The van der Waals surface area contributed by atoms with Crippen LogP contribution in [0, 0.1) is 5.92 Å². The summed E-state index contributed by atoms with van der Waals surface area (Å²) in [5.41, 5.74) is 2.59. The lowest BCUT2D eigenvalue weighted by Gasteiger charge is -2.33. The van der Waals surface area contributed by atoms with Crippen LogP contribution in [0.2, 0.25) is 0 Å². The number of nitrogens with one attached hydrogen (secondary N) is 1. The molecule has 2 fully saturated rings. The zero-order chi connectivity index (χ0) is 14.1. The lowest BCUT2D eigenvalue weighted by Crippen LogP contribution is -2.41. The van der Waals surface area contributed by atoms with Gasteiger partial charge in [-0.05, 0) is 62.4 Å². The van der Waals surface area contributed by atoms with E-state index in [-0.39, 0.29) is 5.60 Å². The Morgan fingerprint density at radius 2 is 2.10 bits per heavy atom. The molecular weight excluding hydrogens is 260 g/mol. The summed E-state index contributed by atoms with van der Waals surface area (Å²) in [5, 5.41) is 4.67. The van der Waals surface area contributed by atoms with Gasteiger partial charge in [0.25, 0.3) is 0 Å². The Labute approximate surface area is 125 Å². The average Bonchev–Trinajstić information content (AvgIpc) is 2.90. The maximum absolute atomic E-state index is 6.19. The standard InChI is InChI=1S/C18H22N2O/c1-2-4-17-16(3-1)10-14(12-20-17)9-15-11-18(21-13-15)5-7-19-8-6-18/h1-4,10,12,15,19H,5-9,11,13H2/t15-/m0/s1. The van der Waals surface area contributed by atoms with Crippen LogP contribution in [0.5, 0.6) is 0 Å². The Hall–Kier alpha value is -1.45. The lowest BCUT2D eigenvalue weighted by atomic mass is 9.84. The third kappa shape index (κ3) is 2.68. The minimum atomic E-state index is 0.167. The van der Waals surface area contributed by atoms with Crippen LogP contribution in [-0.4, -0.2) is 30.3 Å². The van der Waals surface area contributed by atoms with Gasteiger partial charge in [-0.1, -0.05) is 18.2 Å². The van der Waals surface area contributed by atoms with Crippen molar-refractivity contribution < 1.29 is 4.74 Å². The first-order chi connectivity index (χ1) is 10.3. The summed E-state index contributed by atoms with van der Waals surface area (Å²) in [7, 11) is 0. The van der Waals surface area contributed by atoms with E-state index in [1.165, 1.54) is 30.2 Å². The fraction of sp³-hybridized carbons (Fsp3) is 0.500. The van der Waals surface area contributed by atoms with E-state index in [0.717, 1.165) is 31.6 Å². The number of pyridine rings is 1. The highest BCUT2D eigenvalue weighted by Crippen LogP contribution is 2.38. The third-order valence-corrected chi connectivity index (χ3v) is 4.97. The van der Waals surface area contributed by atoms with Gasteiger partial charge in [-0.15, -0.1) is 0 Å². The summed E-state index contributed by atoms with van der Waals surface area (Å²) in [4.78, 5) is 4.58. The molecule has 1 aromatic carbocycles. The molecular formula is C18H22N2O. The highest BCUT2D eigenvalue weighted by atomic mass is 16.5. The van der Waals surface area contributed by atoms with E-state index in [1.807, 2.05) is 12.3 Å². The smallest absolute Gasteiger partial charge is 0.0710 e. The lowest BCUT2D eigenvalue weighted by molar-refractivity contribution is -0.0196. The van der Waals surface area contributed by atoms with Crippen molar-refractivity contribution in [3.05, 3.63) is 42.1 Å². The Balaban J connectivity index is 1.48. The number of aromatic nitrogens is 1. The molecule has 3 heteroatoms. The molecule has 110 valence electrons. The van der Waals surface area contributed by atoms with Gasteiger partial charge in [0.1, 0.15) is 0 Å². The number of benzene rings is 1. The van der Waals surface area contributed by atoms with Gasteiger partial charge in [-0.25, -0.2) is 0 Å². The van der Waals surface area contributed by atoms with Crippen molar-refractivity contribution in [3.8, 4) is 0 Å². The molecule has 0 unspecified atom stereocenters. The maximum atomic E-state index is 6.19. The van der Waals surface area contributed by atoms with Crippen LogP contribution in [0.3, 0.4) is 0 Å². The van der Waals surface area contributed by atoms with E-state index in [2.05, 4.69) is 34.6 Å². The largest absolute Gasteiger partial charge is 0.375 e. The predicted octanol–water partition coefficient (Wildman–Crippen LogP) is 2.94. The minimum Gasteiger partial charge on any atom is -0.375 e. The van der Waals surface area contributed by atoms with Crippen LogP contribution in [0.25, 0.3) is 10.9 Å². The van der Waals surface area contributed by atoms with Gasteiger partial charge >= 0.3 is 0 Å². The van der Waals surface area contributed by atoms with Crippen LogP contribution < -0.4 is 5.32 Å². The van der Waals surface area contributed by atoms with Gasteiger partial charge in [0, 0.05) is 11.6 Å². The molecule has 0 bridgehead atoms. The second kappa shape index (κ2) is 5.39. The monoisotopic (exact) mass is 282 g/mol. The molecule has 2 aliphatic rings. The Bertz CT molecular complexity index is 634. The van der Waals surface area contributed by atoms with E-state index >= 15 is 0 Å². The SMILES string of the molecule is c1ccc2ncc(C[C@@H]3COC4(CCNCC4)C3)cc2c1. The van der Waals surface area contributed by atoms with Crippen molar-refractivity contribution in [3.63, 3.8) is 0 Å². The summed E-state index contributed by atoms with van der Waals surface area (Å²) >= 11 is 0. The molecule has 0 saturated carbocycles. The minimum absolute atomic E-state index is 0.167. The average molecular weight is 282 g/mol. The Morgan fingerprint density at radius 1 is 1.24 bits per heavy atom. The Morgan fingerprint density at radius 3 is 3.00 bits per heavy atom. The van der Waals surface area contributed by atoms with Crippen LogP contribution >= 0.6 is 0 Å². The summed E-state index contributed by atoms with van der Waals surface area (Å²) in [6, 6.07) is 10.6. The fourth-order valence-corrected chi connectivity index (χ4v) is 3.86. The topological polar surface area (TPSA) is 34.1 Å².